The Morgan fingerprint density at radius 1 is 0.950 bits per heavy atom. The maximum Gasteiger partial charge on any atom is 0.396 e. The molecule has 0 saturated heterocycles. The van der Waals surface area contributed by atoms with Crippen LogP contribution in [0.4, 0.5) is 5.69 Å². The predicted octanol–water partition coefficient (Wildman–Crippen LogP) is 2.96. The van der Waals surface area contributed by atoms with Gasteiger partial charge in [0, 0.05) is 17.2 Å². The van der Waals surface area contributed by atoms with Crippen molar-refractivity contribution in [2.45, 2.75) is 0 Å². The molecule has 0 aromatic heterocycles. The van der Waals surface area contributed by atoms with Gasteiger partial charge in [-0.1, -0.05) is 18.2 Å². The van der Waals surface area contributed by atoms with Crippen molar-refractivity contribution in [1.29, 1.82) is 5.39 Å². The molecule has 2 aromatic rings. The van der Waals surface area contributed by atoms with Crippen molar-refractivity contribution < 1.29 is 14.3 Å². The Labute approximate surface area is 114 Å². The van der Waals surface area contributed by atoms with Crippen molar-refractivity contribution in [3.63, 3.8) is 0 Å². The minimum Gasteiger partial charge on any atom is -0.496 e. The Kier molecular flexibility index (Phi) is 2.58. The zero-order valence-corrected chi connectivity index (χ0v) is 10.6. The fourth-order valence-corrected chi connectivity index (χ4v) is 2.45. The van der Waals surface area contributed by atoms with E-state index in [2.05, 4.69) is 4.98 Å². The average molecular weight is 265 g/mol. The van der Waals surface area contributed by atoms with E-state index in [1.807, 2.05) is 0 Å². The van der Waals surface area contributed by atoms with Crippen molar-refractivity contribution in [3.05, 3.63) is 63.6 Å². The molecule has 0 fully saturated rings. The number of hydrogen-bond acceptors (Lipinski definition) is 4. The van der Waals surface area contributed by atoms with Crippen LogP contribution in [0.25, 0.3) is 4.98 Å². The summed E-state index contributed by atoms with van der Waals surface area (Å²) in [5.74, 6) is -0.294. The molecule has 5 nitrogen and oxygen atoms in total. The molecule has 1 aliphatic carbocycles. The summed E-state index contributed by atoms with van der Waals surface area (Å²) in [4.78, 5) is 28.1. The van der Waals surface area contributed by atoms with E-state index < -0.39 is 0 Å². The highest BCUT2D eigenvalue weighted by Crippen LogP contribution is 2.36. The molecule has 0 N–H and O–H groups in total. The summed E-state index contributed by atoms with van der Waals surface area (Å²) in [5.41, 5.74) is 0.956. The number of nitrogens with zero attached hydrogens (tertiary/aromatic N) is 2. The first-order valence-electron chi connectivity index (χ1n) is 5.93. The highest BCUT2D eigenvalue weighted by atomic mass is 16.5. The summed E-state index contributed by atoms with van der Waals surface area (Å²) < 4.78 is 5.16. The Bertz CT molecular complexity index is 803. The van der Waals surface area contributed by atoms with Gasteiger partial charge in [0.15, 0.2) is 10.8 Å². The number of hydrogen-bond donors (Lipinski definition) is 0. The molecular weight excluding hydrogens is 256 g/mol. The lowest BCUT2D eigenvalue weighted by Gasteiger charge is -2.17. The van der Waals surface area contributed by atoms with Crippen LogP contribution in [-0.2, 0) is 0 Å². The van der Waals surface area contributed by atoms with Gasteiger partial charge in [0.2, 0.25) is 11.2 Å². The number of benzene rings is 2. The summed E-state index contributed by atoms with van der Waals surface area (Å²) >= 11 is 0. The van der Waals surface area contributed by atoms with Crippen LogP contribution < -0.4 is 4.74 Å². The number of methoxy groups -OCH3 is 1. The average Bonchev–Trinajstić information content (AvgIpc) is 2.50. The van der Waals surface area contributed by atoms with E-state index >= 15 is 0 Å². The largest absolute Gasteiger partial charge is 0.496 e. The van der Waals surface area contributed by atoms with Gasteiger partial charge in [-0.05, 0) is 12.1 Å². The van der Waals surface area contributed by atoms with Crippen LogP contribution >= 0.6 is 0 Å². The normalized spacial score (nSPS) is 12.4. The molecule has 0 amide bonds. The Morgan fingerprint density at radius 2 is 1.55 bits per heavy atom. The molecule has 1 aliphatic rings. The van der Waals surface area contributed by atoms with E-state index in [9.17, 15) is 9.59 Å². The van der Waals surface area contributed by atoms with Gasteiger partial charge < -0.3 is 4.74 Å². The van der Waals surface area contributed by atoms with Gasteiger partial charge in [0.05, 0.1) is 12.7 Å². The van der Waals surface area contributed by atoms with Gasteiger partial charge in [-0.2, -0.15) is 0 Å². The van der Waals surface area contributed by atoms with Gasteiger partial charge in [-0.3, -0.25) is 9.59 Å². The molecule has 20 heavy (non-hydrogen) atoms. The highest BCUT2D eigenvalue weighted by Gasteiger charge is 2.37. The number of rotatable bonds is 1. The minimum absolute atomic E-state index is 0.0920. The van der Waals surface area contributed by atoms with Crippen LogP contribution in [-0.4, -0.2) is 18.7 Å². The molecule has 0 unspecified atom stereocenters. The summed E-state index contributed by atoms with van der Waals surface area (Å²) in [7, 11) is 1.45. The van der Waals surface area contributed by atoms with Crippen LogP contribution in [0.2, 0.25) is 0 Å². The SMILES string of the molecule is COc1cccc2c1C(=O)c1cccc([N+]#N)c1C2=O. The predicted molar refractivity (Wildman–Crippen MR) is 71.0 cm³/mol. The van der Waals surface area contributed by atoms with E-state index in [-0.39, 0.29) is 39.5 Å². The first-order chi connectivity index (χ1) is 9.69. The summed E-state index contributed by atoms with van der Waals surface area (Å²) in [5, 5.41) is 8.98. The fraction of sp³-hybridized carbons (Fsp3) is 0.0667. The zero-order chi connectivity index (χ0) is 14.3. The monoisotopic (exact) mass is 265 g/mol. The number of carbonyl (C=O) groups excluding carboxylic acids is 2. The van der Waals surface area contributed by atoms with Crippen molar-refractivity contribution >= 4 is 17.3 Å². The van der Waals surface area contributed by atoms with Crippen LogP contribution in [0.3, 0.4) is 0 Å². The van der Waals surface area contributed by atoms with Crippen molar-refractivity contribution in [2.75, 3.05) is 7.11 Å². The Balaban J connectivity index is 2.37. The molecule has 0 atom stereocenters. The fourth-order valence-electron chi connectivity index (χ4n) is 2.45. The topological polar surface area (TPSA) is 71.5 Å². The quantitative estimate of drug-likeness (QED) is 0.634. The first-order valence-corrected chi connectivity index (χ1v) is 5.93. The van der Waals surface area contributed by atoms with E-state index in [1.165, 1.54) is 13.2 Å². The maximum atomic E-state index is 12.5. The minimum atomic E-state index is -0.345. The van der Waals surface area contributed by atoms with Crippen molar-refractivity contribution in [2.24, 2.45) is 0 Å². The Hall–Kier alpha value is -3.00. The van der Waals surface area contributed by atoms with Crippen LogP contribution in [0.5, 0.6) is 5.75 Å². The van der Waals surface area contributed by atoms with E-state index in [1.54, 1.807) is 30.3 Å². The highest BCUT2D eigenvalue weighted by molar-refractivity contribution is 6.31. The third kappa shape index (κ3) is 1.45. The molecule has 0 aliphatic heterocycles. The lowest BCUT2D eigenvalue weighted by Crippen LogP contribution is -2.21. The second-order valence-corrected chi connectivity index (χ2v) is 4.34. The second-order valence-electron chi connectivity index (χ2n) is 4.34. The molecule has 3 rings (SSSR count). The number of ketones is 2. The summed E-state index contributed by atoms with van der Waals surface area (Å²) in [6.45, 7) is 0. The van der Waals surface area contributed by atoms with Crippen LogP contribution in [0.15, 0.2) is 36.4 Å². The van der Waals surface area contributed by atoms with Gasteiger partial charge in [0.1, 0.15) is 11.3 Å². The van der Waals surface area contributed by atoms with Crippen molar-refractivity contribution in [1.82, 2.24) is 0 Å². The molecule has 0 heterocycles. The molecule has 0 spiro atoms. The smallest absolute Gasteiger partial charge is 0.396 e. The van der Waals surface area contributed by atoms with Crippen LogP contribution in [0, 0.1) is 5.39 Å². The maximum absolute atomic E-state index is 12.5. The molecule has 0 saturated carbocycles. The number of carbonyl (C=O) groups is 2. The molecular formula is C15H9N2O3+. The third-order valence-corrected chi connectivity index (χ3v) is 3.34. The van der Waals surface area contributed by atoms with E-state index in [0.29, 0.717) is 5.75 Å². The number of ether oxygens (including phenoxy) is 1. The number of fused-ring (bicyclic) bond motifs is 2. The molecule has 0 bridgehead atoms. The van der Waals surface area contributed by atoms with Gasteiger partial charge in [-0.25, -0.2) is 0 Å². The Morgan fingerprint density at radius 3 is 2.20 bits per heavy atom. The number of diazo groups is 1. The van der Waals surface area contributed by atoms with E-state index in [0.717, 1.165) is 0 Å². The first kappa shape index (κ1) is 12.1. The summed E-state index contributed by atoms with van der Waals surface area (Å²) in [6, 6.07) is 9.44. The standard InChI is InChI=1S/C15H9N2O3/c1-20-11-7-3-5-9-13(11)15(19)8-4-2-6-10(17-16)12(8)14(9)18/h2-7H,1H3/q+1. The van der Waals surface area contributed by atoms with Gasteiger partial charge in [-0.15, -0.1) is 0 Å². The molecule has 5 heteroatoms. The molecule has 0 radical (unpaired) electrons. The third-order valence-electron chi connectivity index (χ3n) is 3.34. The van der Waals surface area contributed by atoms with E-state index in [4.69, 9.17) is 10.1 Å². The molecule has 96 valence electrons. The van der Waals surface area contributed by atoms with Gasteiger partial charge >= 0.3 is 5.69 Å². The van der Waals surface area contributed by atoms with Crippen LogP contribution in [0.1, 0.15) is 31.8 Å². The lowest BCUT2D eigenvalue weighted by atomic mass is 9.83. The zero-order valence-electron chi connectivity index (χ0n) is 10.6. The second kappa shape index (κ2) is 4.28. The van der Waals surface area contributed by atoms with Gasteiger partial charge in [0.25, 0.3) is 0 Å². The summed E-state index contributed by atoms with van der Waals surface area (Å²) in [6.07, 6.45) is 0. The van der Waals surface area contributed by atoms with Crippen molar-refractivity contribution in [3.8, 4) is 5.75 Å². The molecule has 2 aromatic carbocycles. The lowest BCUT2D eigenvalue weighted by molar-refractivity contribution is 0.0977.